The molecule has 4 rings (SSSR count). The van der Waals surface area contributed by atoms with Crippen molar-refractivity contribution in [2.24, 2.45) is 5.16 Å². The number of pyridine rings is 1. The number of amides is 2. The summed E-state index contributed by atoms with van der Waals surface area (Å²) >= 11 is 8.15. The smallest absolute Gasteiger partial charge is 0.352 e. The lowest BCUT2D eigenvalue weighted by atomic mass is 10.0. The van der Waals surface area contributed by atoms with E-state index in [2.05, 4.69) is 15.5 Å². The Labute approximate surface area is 226 Å². The number of hydrogen-bond donors (Lipinski definition) is 4. The molecule has 0 aromatic carbocycles. The third kappa shape index (κ3) is 5.41. The number of anilines is 1. The number of aromatic nitrogens is 2. The number of nitrogen functional groups attached to an aromatic ring is 1. The fourth-order valence-electron chi connectivity index (χ4n) is 3.66. The Balaban J connectivity index is 1.56. The second kappa shape index (κ2) is 10.9. The molecule has 2 aromatic heterocycles. The number of rotatable bonds is 9. The van der Waals surface area contributed by atoms with Gasteiger partial charge in [-0.25, -0.2) is 19.0 Å². The van der Waals surface area contributed by atoms with Gasteiger partial charge >= 0.3 is 11.9 Å². The van der Waals surface area contributed by atoms with Crippen LogP contribution in [0.15, 0.2) is 41.0 Å². The molecule has 2 aromatic rings. The van der Waals surface area contributed by atoms with Crippen molar-refractivity contribution >= 4 is 69.3 Å². The van der Waals surface area contributed by atoms with Crippen LogP contribution in [0.4, 0.5) is 9.52 Å². The minimum Gasteiger partial charge on any atom is -0.478 e. The second-order valence-corrected chi connectivity index (χ2v) is 10.8. The molecule has 17 heteroatoms. The van der Waals surface area contributed by atoms with Gasteiger partial charge in [-0.3, -0.25) is 14.5 Å². The Morgan fingerprint density at radius 2 is 2.18 bits per heavy atom. The number of β-lactam (4-membered cyclic amide) rings is 1. The van der Waals surface area contributed by atoms with E-state index >= 15 is 0 Å². The molecule has 2 aliphatic rings. The monoisotopic (exact) mass is 585 g/mol. The van der Waals surface area contributed by atoms with Gasteiger partial charge in [0.2, 0.25) is 12.3 Å². The highest BCUT2D eigenvalue weighted by Gasteiger charge is 2.55. The molecule has 200 valence electrons. The van der Waals surface area contributed by atoms with E-state index < -0.39 is 52.8 Å². The number of fused-ring (bicyclic) bond motifs is 1. The first-order chi connectivity index (χ1) is 18.0. The zero-order valence-electron chi connectivity index (χ0n) is 19.3. The van der Waals surface area contributed by atoms with Crippen LogP contribution in [0.25, 0.3) is 0 Å². The summed E-state index contributed by atoms with van der Waals surface area (Å²) in [6.07, 6.45) is 1.35. The van der Waals surface area contributed by atoms with Gasteiger partial charge in [-0.2, -0.15) is 4.57 Å². The van der Waals surface area contributed by atoms with Crippen molar-refractivity contribution < 1.29 is 43.2 Å². The van der Waals surface area contributed by atoms with Gasteiger partial charge in [0.05, 0.1) is 0 Å². The predicted molar refractivity (Wildman–Crippen MR) is 133 cm³/mol. The van der Waals surface area contributed by atoms with Crippen molar-refractivity contribution in [3.63, 3.8) is 0 Å². The number of aliphatic carboxylic acids is 2. The number of nitrogens with one attached hydrogen (secondary N) is 1. The van der Waals surface area contributed by atoms with Crippen molar-refractivity contribution in [3.8, 4) is 0 Å². The zero-order valence-corrected chi connectivity index (χ0v) is 21.7. The molecule has 2 aliphatic heterocycles. The molecule has 0 spiro atoms. The molecule has 2 amide bonds. The molecule has 1 fully saturated rings. The summed E-state index contributed by atoms with van der Waals surface area (Å²) in [7, 11) is 0. The number of carboxylic acids is 2. The number of hydrogen-bond acceptors (Lipinski definition) is 10. The number of nitrogens with two attached hydrogens (primary N) is 1. The van der Waals surface area contributed by atoms with Gasteiger partial charge in [0.1, 0.15) is 27.1 Å². The van der Waals surface area contributed by atoms with Crippen molar-refractivity contribution in [2.75, 3.05) is 11.5 Å². The van der Waals surface area contributed by atoms with Crippen LogP contribution in [0.3, 0.4) is 0 Å². The van der Waals surface area contributed by atoms with E-state index in [0.717, 1.165) is 16.2 Å². The molecule has 0 bridgehead atoms. The van der Waals surface area contributed by atoms with Crippen molar-refractivity contribution in [2.45, 2.75) is 31.0 Å². The number of carbonyl (C=O) groups is 4. The van der Waals surface area contributed by atoms with Gasteiger partial charge in [-0.1, -0.05) is 28.1 Å². The van der Waals surface area contributed by atoms with Crippen LogP contribution in [0.1, 0.15) is 12.6 Å². The molecule has 13 nitrogen and oxygen atoms in total. The lowest BCUT2D eigenvalue weighted by molar-refractivity contribution is -0.690. The Bertz CT molecular complexity index is 1400. The maximum atomic E-state index is 13.6. The highest BCUT2D eigenvalue weighted by Crippen LogP contribution is 2.40. The first kappa shape index (κ1) is 27.3. The maximum Gasteiger partial charge on any atom is 0.352 e. The van der Waals surface area contributed by atoms with Crippen molar-refractivity contribution in [3.05, 3.63) is 51.6 Å². The van der Waals surface area contributed by atoms with E-state index in [1.807, 2.05) is 0 Å². The van der Waals surface area contributed by atoms with Crippen LogP contribution < -0.4 is 15.6 Å². The molecule has 3 atom stereocenters. The summed E-state index contributed by atoms with van der Waals surface area (Å²) in [5.74, 6) is -4.66. The summed E-state index contributed by atoms with van der Waals surface area (Å²) in [5.41, 5.74) is 5.09. The van der Waals surface area contributed by atoms with Crippen LogP contribution in [0.5, 0.6) is 0 Å². The first-order valence-corrected chi connectivity index (χ1v) is 13.0. The summed E-state index contributed by atoms with van der Waals surface area (Å²) < 4.78 is 15.0. The first-order valence-electron chi connectivity index (χ1n) is 10.7. The van der Waals surface area contributed by atoms with Gasteiger partial charge in [-0.05, 0) is 13.0 Å². The Morgan fingerprint density at radius 1 is 1.45 bits per heavy atom. The second-order valence-electron chi connectivity index (χ2n) is 8.01. The van der Waals surface area contributed by atoms with E-state index in [9.17, 15) is 28.7 Å². The largest absolute Gasteiger partial charge is 0.478 e. The van der Waals surface area contributed by atoms with Gasteiger partial charge in [0.25, 0.3) is 11.8 Å². The molecule has 5 N–H and O–H groups in total. The van der Waals surface area contributed by atoms with Gasteiger partial charge in [0, 0.05) is 17.4 Å². The normalized spacial score (nSPS) is 19.9. The fourth-order valence-corrected chi connectivity index (χ4v) is 5.92. The minimum absolute atomic E-state index is 0.00504. The lowest BCUT2D eigenvalue weighted by Crippen LogP contribution is -2.71. The Morgan fingerprint density at radius 3 is 2.79 bits per heavy atom. The number of carbonyl (C=O) groups excluding carboxylic acids is 2. The molecule has 0 radical (unpaired) electrons. The fraction of sp³-hybridized carbons (Fsp3) is 0.286. The number of thiazole rings is 1. The van der Waals surface area contributed by atoms with Crippen LogP contribution >= 0.6 is 34.7 Å². The van der Waals surface area contributed by atoms with Crippen molar-refractivity contribution in [1.29, 1.82) is 0 Å². The summed E-state index contributed by atoms with van der Waals surface area (Å²) in [5, 5.41) is 24.2. The van der Waals surface area contributed by atoms with Crippen molar-refractivity contribution in [1.82, 2.24) is 15.2 Å². The lowest BCUT2D eigenvalue weighted by Gasteiger charge is -2.49. The Kier molecular flexibility index (Phi) is 7.84. The number of nitrogens with zero attached hydrogens (tertiary/aromatic N) is 4. The number of carboxylic acid groups (broad SMARTS) is 2. The third-order valence-corrected chi connectivity index (χ3v) is 7.85. The maximum absolute atomic E-state index is 13.6. The van der Waals surface area contributed by atoms with E-state index in [0.29, 0.717) is 5.57 Å². The van der Waals surface area contributed by atoms with Crippen LogP contribution in [0.2, 0.25) is 4.34 Å². The third-order valence-electron chi connectivity index (χ3n) is 5.42. The SMILES string of the molecule is C[C@H](O/N=C(\C(=O)N[C@@H]1C(=O)N2C(C(=O)O)=C(C[n+]3cccc(F)c3)CSC12)c1nc(N)sc1Cl)C(=O)O. The zero-order chi connectivity index (χ0) is 27.7. The highest BCUT2D eigenvalue weighted by molar-refractivity contribution is 8.00. The average Bonchev–Trinajstić information content (AvgIpc) is 3.19. The quantitative estimate of drug-likeness (QED) is 0.139. The standard InChI is InChI=1S/C21H18ClFN6O7S2/c1-8(19(32)33)36-27-12(11-15(22)38-21(24)26-11)16(30)25-13-17(31)29-14(20(34)35)9(7-37-18(13)29)5-28-4-2-3-10(23)6-28/h2-4,6,8,13,18H,5,7H2,1H3,(H4-,24,25,26,30,32,33,34,35)/p+1/b27-12-/t8-,13+,18?/m0/s1. The van der Waals surface area contributed by atoms with E-state index in [1.54, 1.807) is 6.20 Å². The molecule has 0 aliphatic carbocycles. The molecule has 1 saturated heterocycles. The molecular weight excluding hydrogens is 567 g/mol. The van der Waals surface area contributed by atoms with E-state index in [4.69, 9.17) is 27.3 Å². The topological polar surface area (TPSA) is 188 Å². The molecule has 4 heterocycles. The molecule has 0 saturated carbocycles. The number of thioether (sulfide) groups is 1. The van der Waals surface area contributed by atoms with Crippen LogP contribution in [-0.2, 0) is 30.6 Å². The summed E-state index contributed by atoms with van der Waals surface area (Å²) in [4.78, 5) is 59.1. The molecule has 1 unspecified atom stereocenters. The van der Waals surface area contributed by atoms with Gasteiger partial charge in [-0.15, -0.1) is 11.8 Å². The summed E-state index contributed by atoms with van der Waals surface area (Å²) in [6, 6.07) is 1.58. The van der Waals surface area contributed by atoms with Crippen LogP contribution in [-0.4, -0.2) is 72.8 Å². The van der Waals surface area contributed by atoms with E-state index in [-0.39, 0.29) is 33.2 Å². The Hall–Kier alpha value is -3.76. The van der Waals surface area contributed by atoms with E-state index in [1.165, 1.54) is 41.6 Å². The average molecular weight is 586 g/mol. The van der Waals surface area contributed by atoms with Gasteiger partial charge < -0.3 is 26.1 Å². The highest BCUT2D eigenvalue weighted by atomic mass is 35.5. The summed E-state index contributed by atoms with van der Waals surface area (Å²) in [6.45, 7) is 1.23. The molecular formula is C21H19ClFN6O7S2+. The predicted octanol–water partition coefficient (Wildman–Crippen LogP) is 0.438. The number of halogens is 2. The number of oxime groups is 1. The minimum atomic E-state index is -1.42. The van der Waals surface area contributed by atoms with Gasteiger partial charge in [0.15, 0.2) is 29.4 Å². The van der Waals surface area contributed by atoms with Crippen LogP contribution in [0, 0.1) is 5.82 Å². The molecule has 38 heavy (non-hydrogen) atoms.